The Bertz CT molecular complexity index is 924. The van der Waals surface area contributed by atoms with Gasteiger partial charge in [0.2, 0.25) is 5.82 Å². The van der Waals surface area contributed by atoms with Gasteiger partial charge in [-0.1, -0.05) is 12.1 Å². The normalized spacial score (nSPS) is 19.2. The highest BCUT2D eigenvalue weighted by atomic mass is 19.4. The molecule has 1 unspecified atom stereocenters. The van der Waals surface area contributed by atoms with E-state index in [9.17, 15) is 18.3 Å². The fraction of sp³-hybridized carbons (Fsp3) is 0.565. The van der Waals surface area contributed by atoms with Gasteiger partial charge >= 0.3 is 6.18 Å². The lowest BCUT2D eigenvalue weighted by atomic mass is 9.77. The highest BCUT2D eigenvalue weighted by Gasteiger charge is 2.36. The van der Waals surface area contributed by atoms with Gasteiger partial charge < -0.3 is 20.5 Å². The number of hydrogen-bond donors (Lipinski definition) is 3. The lowest BCUT2D eigenvalue weighted by Gasteiger charge is -2.37. The summed E-state index contributed by atoms with van der Waals surface area (Å²) in [4.78, 5) is 8.08. The van der Waals surface area contributed by atoms with Gasteiger partial charge in [-0.2, -0.15) is 17.6 Å². The topological polar surface area (TPSA) is 79.3 Å². The molecule has 10 heteroatoms. The zero-order chi connectivity index (χ0) is 23.5. The predicted octanol–water partition coefficient (Wildman–Crippen LogP) is 4.79. The van der Waals surface area contributed by atoms with Crippen molar-refractivity contribution in [1.29, 1.82) is 0 Å². The van der Waals surface area contributed by atoms with E-state index in [1.54, 1.807) is 0 Å². The molecule has 1 aliphatic heterocycles. The molecule has 2 aliphatic rings. The molecule has 0 radical (unpaired) electrons. The van der Waals surface area contributed by atoms with Crippen LogP contribution in [0.15, 0.2) is 30.6 Å². The summed E-state index contributed by atoms with van der Waals surface area (Å²) in [6.45, 7) is 1.67. The number of aromatic nitrogens is 2. The van der Waals surface area contributed by atoms with Gasteiger partial charge in [0.1, 0.15) is 6.33 Å². The average molecular weight is 468 g/mol. The van der Waals surface area contributed by atoms with Crippen LogP contribution in [-0.4, -0.2) is 41.4 Å². The molecule has 1 aromatic carbocycles. The molecule has 2 fully saturated rings. The third-order valence-corrected chi connectivity index (χ3v) is 6.60. The van der Waals surface area contributed by atoms with E-state index >= 15 is 4.39 Å². The molecule has 2 aromatic rings. The summed E-state index contributed by atoms with van der Waals surface area (Å²) in [6, 6.07) is 4.61. The average Bonchev–Trinajstić information content (AvgIpc) is 3.63. The molecule has 3 N–H and O–H groups in total. The van der Waals surface area contributed by atoms with Crippen molar-refractivity contribution in [3.8, 4) is 0 Å². The fourth-order valence-electron chi connectivity index (χ4n) is 4.35. The molecule has 1 aliphatic carbocycles. The number of hydrogen-bond acceptors (Lipinski definition) is 6. The Labute approximate surface area is 189 Å². The van der Waals surface area contributed by atoms with E-state index in [-0.39, 0.29) is 35.6 Å². The molecular weight excluding hydrogens is 440 g/mol. The van der Waals surface area contributed by atoms with Gasteiger partial charge in [-0.05, 0) is 61.1 Å². The van der Waals surface area contributed by atoms with Crippen LogP contribution in [0.3, 0.4) is 0 Å². The van der Waals surface area contributed by atoms with Crippen LogP contribution >= 0.6 is 0 Å². The van der Waals surface area contributed by atoms with Crippen LogP contribution in [0.4, 0.5) is 29.2 Å². The first-order valence-electron chi connectivity index (χ1n) is 11.2. The van der Waals surface area contributed by atoms with Gasteiger partial charge in [0.25, 0.3) is 0 Å². The number of nitrogens with one attached hydrogen (secondary N) is 2. The molecule has 0 amide bonds. The zero-order valence-electron chi connectivity index (χ0n) is 18.2. The van der Waals surface area contributed by atoms with Gasteiger partial charge in [0.05, 0.1) is 11.6 Å². The fourth-order valence-corrected chi connectivity index (χ4v) is 4.35. The Balaban J connectivity index is 1.49. The smallest absolute Gasteiger partial charge is 0.396 e. The third-order valence-electron chi connectivity index (χ3n) is 6.60. The second-order valence-electron chi connectivity index (χ2n) is 8.90. The van der Waals surface area contributed by atoms with Crippen LogP contribution in [0.2, 0.25) is 0 Å². The van der Waals surface area contributed by atoms with Crippen LogP contribution in [-0.2, 0) is 10.9 Å². The number of aliphatic hydroxyl groups is 1. The largest absolute Gasteiger partial charge is 0.416 e. The summed E-state index contributed by atoms with van der Waals surface area (Å²) >= 11 is 0. The van der Waals surface area contributed by atoms with E-state index in [0.29, 0.717) is 31.7 Å². The van der Waals surface area contributed by atoms with Crippen molar-refractivity contribution in [3.05, 3.63) is 47.5 Å². The zero-order valence-corrected chi connectivity index (χ0v) is 18.2. The van der Waals surface area contributed by atoms with Gasteiger partial charge in [0, 0.05) is 26.4 Å². The van der Waals surface area contributed by atoms with Crippen LogP contribution < -0.4 is 10.6 Å². The molecule has 1 saturated carbocycles. The number of anilines is 2. The minimum absolute atomic E-state index is 0.00693. The molecule has 6 nitrogen and oxygen atoms in total. The Morgan fingerprint density at radius 1 is 1.09 bits per heavy atom. The molecular formula is C23H28F4N4O2. The maximum Gasteiger partial charge on any atom is 0.416 e. The highest BCUT2D eigenvalue weighted by molar-refractivity contribution is 5.51. The molecule has 0 spiro atoms. The Hall–Kier alpha value is -2.46. The molecule has 0 bridgehead atoms. The summed E-state index contributed by atoms with van der Waals surface area (Å²) < 4.78 is 59.4. The lowest BCUT2D eigenvalue weighted by Crippen LogP contribution is -2.37. The first-order chi connectivity index (χ1) is 15.8. The molecule has 33 heavy (non-hydrogen) atoms. The third kappa shape index (κ3) is 5.73. The quantitative estimate of drug-likeness (QED) is 0.460. The summed E-state index contributed by atoms with van der Waals surface area (Å²) in [5.41, 5.74) is -0.262. The van der Waals surface area contributed by atoms with E-state index in [4.69, 9.17) is 4.74 Å². The molecule has 1 aromatic heterocycles. The Kier molecular flexibility index (Phi) is 7.04. The molecule has 180 valence electrons. The van der Waals surface area contributed by atoms with Crippen LogP contribution in [0.5, 0.6) is 0 Å². The number of ether oxygens (including phenoxy) is 1. The maximum atomic E-state index is 15.2. The van der Waals surface area contributed by atoms with Crippen molar-refractivity contribution >= 4 is 11.6 Å². The summed E-state index contributed by atoms with van der Waals surface area (Å²) in [5.74, 6) is -0.380. The van der Waals surface area contributed by atoms with Gasteiger partial charge in [-0.15, -0.1) is 0 Å². The van der Waals surface area contributed by atoms with E-state index in [1.807, 2.05) is 0 Å². The molecule has 1 saturated heterocycles. The van der Waals surface area contributed by atoms with Crippen molar-refractivity contribution in [3.63, 3.8) is 0 Å². The number of alkyl halides is 3. The van der Waals surface area contributed by atoms with E-state index in [2.05, 4.69) is 20.6 Å². The monoisotopic (exact) mass is 468 g/mol. The molecule has 4 rings (SSSR count). The van der Waals surface area contributed by atoms with Crippen LogP contribution in [0, 0.1) is 17.2 Å². The maximum absolute atomic E-state index is 15.2. The first-order valence-corrected chi connectivity index (χ1v) is 11.2. The van der Waals surface area contributed by atoms with E-state index in [1.165, 1.54) is 18.5 Å². The van der Waals surface area contributed by atoms with E-state index in [0.717, 1.165) is 37.8 Å². The van der Waals surface area contributed by atoms with Crippen molar-refractivity contribution in [2.24, 2.45) is 11.3 Å². The number of halogens is 4. The lowest BCUT2D eigenvalue weighted by molar-refractivity contribution is -0.137. The minimum atomic E-state index is -4.40. The number of nitrogens with zero attached hydrogens (tertiary/aromatic N) is 2. The molecule has 2 heterocycles. The summed E-state index contributed by atoms with van der Waals surface area (Å²) in [6.07, 6.45) is 0.765. The second-order valence-corrected chi connectivity index (χ2v) is 8.90. The van der Waals surface area contributed by atoms with E-state index < -0.39 is 17.6 Å². The summed E-state index contributed by atoms with van der Waals surface area (Å²) in [5, 5.41) is 15.6. The number of benzene rings is 1. The standard InChI is InChI=1S/C23H28F4N4O2/c24-18-20(28-13-22(7-10-32)8-11-33-12-9-22)29-14-30-21(18)31-19(15-1-2-15)16-3-5-17(6-4-16)23(25,26)27/h3-6,14-15,19,32H,1-2,7-13H2,(H2,28,29,30,31). The molecule has 1 atom stereocenters. The predicted molar refractivity (Wildman–Crippen MR) is 115 cm³/mol. The van der Waals surface area contributed by atoms with Crippen LogP contribution in [0.25, 0.3) is 0 Å². The highest BCUT2D eigenvalue weighted by Crippen LogP contribution is 2.44. The SMILES string of the molecule is OCCC1(CNc2ncnc(NC(c3ccc(C(F)(F)F)cc3)C3CC3)c2F)CCOCC1. The van der Waals surface area contributed by atoms with Crippen molar-refractivity contribution in [1.82, 2.24) is 9.97 Å². The Morgan fingerprint density at radius 3 is 2.36 bits per heavy atom. The first kappa shape index (κ1) is 23.7. The number of aliphatic hydroxyl groups excluding tert-OH is 1. The Morgan fingerprint density at radius 2 is 1.76 bits per heavy atom. The van der Waals surface area contributed by atoms with Gasteiger partial charge in [0.15, 0.2) is 11.6 Å². The van der Waals surface area contributed by atoms with Crippen molar-refractivity contribution < 1.29 is 27.4 Å². The number of rotatable bonds is 9. The minimum Gasteiger partial charge on any atom is -0.396 e. The van der Waals surface area contributed by atoms with Crippen molar-refractivity contribution in [2.75, 3.05) is 37.0 Å². The second kappa shape index (κ2) is 9.80. The summed E-state index contributed by atoms with van der Waals surface area (Å²) in [7, 11) is 0. The van der Waals surface area contributed by atoms with Gasteiger partial charge in [-0.3, -0.25) is 0 Å². The van der Waals surface area contributed by atoms with Crippen LogP contribution in [0.1, 0.15) is 49.3 Å². The van der Waals surface area contributed by atoms with Crippen molar-refractivity contribution in [2.45, 2.75) is 44.3 Å². The van der Waals surface area contributed by atoms with Gasteiger partial charge in [-0.25, -0.2) is 9.97 Å².